The van der Waals surface area contributed by atoms with E-state index in [4.69, 9.17) is 54.2 Å². The van der Waals surface area contributed by atoms with Gasteiger partial charge in [-0.3, -0.25) is 39.3 Å². The molecular formula is C85H82ClN17O4. The number of hydrogen-bond acceptors (Lipinski definition) is 15. The number of amides is 3. The highest BCUT2D eigenvalue weighted by molar-refractivity contribution is 6.12. The van der Waals surface area contributed by atoms with Crippen LogP contribution in [0.15, 0.2) is 207 Å². The van der Waals surface area contributed by atoms with Gasteiger partial charge in [-0.15, -0.1) is 12.4 Å². The summed E-state index contributed by atoms with van der Waals surface area (Å²) in [6.07, 6.45) is 3.57. The van der Waals surface area contributed by atoms with Crippen LogP contribution in [0.25, 0.3) is 32.1 Å². The molecular weight excluding hydrogens is 1360 g/mol. The first-order valence-corrected chi connectivity index (χ1v) is 35.0. The Bertz CT molecular complexity index is 5190. The summed E-state index contributed by atoms with van der Waals surface area (Å²) >= 11 is 0. The molecule has 0 atom stereocenters. The fourth-order valence-electron chi connectivity index (χ4n) is 12.6. The summed E-state index contributed by atoms with van der Waals surface area (Å²) in [6, 6.07) is 60.9. The first kappa shape index (κ1) is 75.9. The van der Waals surface area contributed by atoms with E-state index in [1.165, 1.54) is 0 Å². The van der Waals surface area contributed by atoms with E-state index < -0.39 is 0 Å². The lowest BCUT2D eigenvalue weighted by Gasteiger charge is -2.10. The quantitative estimate of drug-likeness (QED) is 0.0417. The largest absolute Gasteiger partial charge is 0.395 e. The average Bonchev–Trinajstić information content (AvgIpc) is 1.67. The number of benzene rings is 9. The molecule has 10 aromatic rings. The third kappa shape index (κ3) is 18.8. The number of nitrogens with zero attached hydrogens (tertiary/aromatic N) is 12. The second-order valence-electron chi connectivity index (χ2n) is 26.9. The van der Waals surface area contributed by atoms with Gasteiger partial charge in [0.2, 0.25) is 0 Å². The third-order valence-corrected chi connectivity index (χ3v) is 18.3. The number of aliphatic hydroxyl groups excluding tert-OH is 1. The van der Waals surface area contributed by atoms with Gasteiger partial charge in [0.1, 0.15) is 5.82 Å². The first-order valence-electron chi connectivity index (χ1n) is 35.0. The van der Waals surface area contributed by atoms with Crippen LogP contribution in [-0.2, 0) is 32.1 Å². The number of carbonyl (C=O) groups is 3. The summed E-state index contributed by atoms with van der Waals surface area (Å²) in [5.74, 6) is 0.607. The number of fused-ring (bicyclic) bond motifs is 6. The van der Waals surface area contributed by atoms with Crippen LogP contribution in [0.1, 0.15) is 92.3 Å². The summed E-state index contributed by atoms with van der Waals surface area (Å²) in [5.41, 5.74) is 31.8. The van der Waals surface area contributed by atoms with Crippen molar-refractivity contribution in [1.29, 1.82) is 5.26 Å². The molecule has 0 bridgehead atoms. The van der Waals surface area contributed by atoms with Crippen molar-refractivity contribution in [2.75, 3.05) is 94.7 Å². The predicted molar refractivity (Wildman–Crippen MR) is 429 cm³/mol. The number of carbonyl (C=O) groups excluding carboxylic acids is 3. The number of halogens is 1. The molecule has 0 radical (unpaired) electrons. The highest BCUT2D eigenvalue weighted by Gasteiger charge is 2.25. The molecule has 7 N–H and O–H groups in total. The molecule has 0 unspecified atom stereocenters. The van der Waals surface area contributed by atoms with Crippen LogP contribution < -0.4 is 21.7 Å². The molecule has 15 rings (SSSR count). The number of rotatable bonds is 19. The highest BCUT2D eigenvalue weighted by Crippen LogP contribution is 2.37. The number of likely N-dealkylation sites (N-methyl/N-ethyl adjacent to an activating group) is 3. The van der Waals surface area contributed by atoms with Crippen LogP contribution in [0.2, 0.25) is 0 Å². The molecule has 22 heteroatoms. The van der Waals surface area contributed by atoms with Gasteiger partial charge in [-0.05, 0) is 183 Å². The zero-order valence-electron chi connectivity index (χ0n) is 60.5. The maximum absolute atomic E-state index is 12.5. The standard InChI is InChI=1S/C32H36N6O2.C28H25N5O.C23H13N5.C2H7NO.ClH/c1-37(2)15-13-33-31(39)23-9-11-27-25(17-23)19-29(35-27)21-5-7-22(8-6-21)30-20-26-18-24(10-12-28(26)36-30)32(40)34-14-16-38(3)4;1-29-23-9-11-25-22(15-23)17-27(32-25)19-6-4-18(5-7-19)26-16-21-14-20(8-10-24(21)31-26)28(34)30-12-13-33(2)3;1-25-18-7-9-19-17(11-18)12-21(26-19)15-3-5-16(6-4-15)23-27-20-8-2-14(13-24)10-22(20)28-23;3-1-2-4;/h5-12,17-18H,13-16,19-20H2,1-4H3,(H,33,39)(H,34,40);4-11,14-15H,12-13,16-17H2,2-3H3,(H,30,34);2-11H,12H2,(H,27,28);4H,1-3H2;1H. The van der Waals surface area contributed by atoms with E-state index in [-0.39, 0.29) is 36.7 Å². The minimum Gasteiger partial charge on any atom is -0.395 e. The van der Waals surface area contributed by atoms with Crippen molar-refractivity contribution in [3.63, 3.8) is 0 Å². The van der Waals surface area contributed by atoms with Crippen molar-refractivity contribution in [2.24, 2.45) is 30.7 Å². The van der Waals surface area contributed by atoms with Gasteiger partial charge in [0.15, 0.2) is 11.4 Å². The predicted octanol–water partition coefficient (Wildman–Crippen LogP) is 13.2. The van der Waals surface area contributed by atoms with E-state index in [1.807, 2.05) is 178 Å². The van der Waals surface area contributed by atoms with Crippen LogP contribution in [0, 0.1) is 24.5 Å². The number of H-pyrrole nitrogens is 1. The van der Waals surface area contributed by atoms with E-state index in [9.17, 15) is 14.4 Å². The monoisotopic (exact) mass is 1440 g/mol. The second kappa shape index (κ2) is 35.0. The number of nitriles is 1. The van der Waals surface area contributed by atoms with Gasteiger partial charge in [-0.2, -0.15) is 5.26 Å². The Morgan fingerprint density at radius 2 is 0.757 bits per heavy atom. The Morgan fingerprint density at radius 3 is 1.05 bits per heavy atom. The fourth-order valence-corrected chi connectivity index (χ4v) is 12.6. The molecule has 6 heterocycles. The normalized spacial score (nSPS) is 13.0. The van der Waals surface area contributed by atoms with Crippen LogP contribution in [-0.4, -0.2) is 171 Å². The van der Waals surface area contributed by atoms with Crippen molar-refractivity contribution in [2.45, 2.75) is 32.1 Å². The van der Waals surface area contributed by atoms with Gasteiger partial charge in [-0.1, -0.05) is 97.1 Å². The topological polar surface area (TPSA) is 266 Å². The number of nitrogens with one attached hydrogen (secondary N) is 4. The zero-order chi connectivity index (χ0) is 74.4. The maximum Gasteiger partial charge on any atom is 0.251 e. The first-order chi connectivity index (χ1) is 51.4. The lowest BCUT2D eigenvalue weighted by molar-refractivity contribution is 0.0942. The Morgan fingerprint density at radius 1 is 0.458 bits per heavy atom. The van der Waals surface area contributed by atoms with Gasteiger partial charge in [-0.25, -0.2) is 14.7 Å². The van der Waals surface area contributed by atoms with Crippen molar-refractivity contribution in [3.8, 4) is 17.5 Å². The lowest BCUT2D eigenvalue weighted by Crippen LogP contribution is -2.31. The van der Waals surface area contributed by atoms with Crippen LogP contribution in [0.3, 0.4) is 0 Å². The minimum atomic E-state index is -0.0575. The second-order valence-corrected chi connectivity index (χ2v) is 26.9. The molecule has 0 saturated carbocycles. The zero-order valence-corrected chi connectivity index (χ0v) is 61.4. The van der Waals surface area contributed by atoms with E-state index in [1.54, 1.807) is 12.1 Å². The van der Waals surface area contributed by atoms with Gasteiger partial charge < -0.3 is 46.5 Å². The lowest BCUT2D eigenvalue weighted by atomic mass is 9.98. The summed E-state index contributed by atoms with van der Waals surface area (Å²) in [7, 11) is 11.9. The number of aromatic nitrogens is 2. The Kier molecular flexibility index (Phi) is 24.9. The number of aliphatic imine (C=N–C) groups is 5. The molecule has 107 heavy (non-hydrogen) atoms. The Labute approximate surface area is 629 Å². The van der Waals surface area contributed by atoms with Crippen molar-refractivity contribution in [3.05, 3.63) is 283 Å². The minimum absolute atomic E-state index is 0. The van der Waals surface area contributed by atoms with E-state index in [0.29, 0.717) is 79.1 Å². The molecule has 0 spiro atoms. The molecule has 9 aromatic carbocycles. The number of hydrogen-bond donors (Lipinski definition) is 6. The molecule has 5 aliphatic rings. The highest BCUT2D eigenvalue weighted by atomic mass is 35.5. The van der Waals surface area contributed by atoms with Crippen molar-refractivity contribution >= 4 is 110 Å². The fraction of sp³-hybridized carbons (Fsp3) is 0.224. The maximum atomic E-state index is 12.5. The summed E-state index contributed by atoms with van der Waals surface area (Å²) in [4.78, 5) is 82.5. The van der Waals surface area contributed by atoms with Crippen LogP contribution in [0.5, 0.6) is 0 Å². The van der Waals surface area contributed by atoms with E-state index in [2.05, 4.69) is 90.2 Å². The number of aromatic amines is 1. The molecule has 3 amide bonds. The molecule has 21 nitrogen and oxygen atoms in total. The molecule has 0 aliphatic carbocycles. The van der Waals surface area contributed by atoms with Crippen LogP contribution in [0.4, 0.5) is 39.8 Å². The van der Waals surface area contributed by atoms with Crippen molar-refractivity contribution in [1.82, 2.24) is 40.6 Å². The van der Waals surface area contributed by atoms with Gasteiger partial charge in [0, 0.05) is 100 Å². The molecule has 0 saturated heterocycles. The van der Waals surface area contributed by atoms with E-state index >= 15 is 0 Å². The Hall–Kier alpha value is -12.2. The summed E-state index contributed by atoms with van der Waals surface area (Å²) in [6.45, 7) is 19.1. The van der Waals surface area contributed by atoms with Crippen molar-refractivity contribution < 1.29 is 19.5 Å². The summed E-state index contributed by atoms with van der Waals surface area (Å²) < 4.78 is 0. The number of aliphatic hydroxyl groups is 1. The molecule has 1 aromatic heterocycles. The Balaban J connectivity index is 0.000000157. The summed E-state index contributed by atoms with van der Waals surface area (Å²) in [5, 5.41) is 25.7. The van der Waals surface area contributed by atoms with E-state index in [0.717, 1.165) is 168 Å². The molecule has 538 valence electrons. The van der Waals surface area contributed by atoms with Gasteiger partial charge in [0.25, 0.3) is 17.7 Å². The number of imidazole rings is 1. The SMILES string of the molecule is CN(C)CCNC(=O)c1ccc2c(c1)CC(c1ccc(C3=Nc4ccc(C(=O)NCCN(C)C)cc4C3)cc1)=N2.Cl.NCCO.[C-]#[N+]c1ccc2c(c1)CC(c1ccc(-c3nc4ccc(C#N)cc4[nH]3)cc1)=N2.[C-]#[N+]c1ccc2c(c1)CC(c1ccc(C3=Nc4ccc(C(=O)NCCN(C)C)cc4C3)cc1)=N2. The average molecular weight is 1440 g/mol. The van der Waals surface area contributed by atoms with Crippen LogP contribution >= 0.6 is 12.4 Å². The van der Waals surface area contributed by atoms with Gasteiger partial charge >= 0.3 is 0 Å². The third-order valence-electron chi connectivity index (χ3n) is 18.3. The number of nitrogens with two attached hydrogens (primary N) is 1. The van der Waals surface area contributed by atoms with Gasteiger partial charge in [0.05, 0.1) is 99.4 Å². The smallest absolute Gasteiger partial charge is 0.251 e. The molecule has 5 aliphatic heterocycles. The molecule has 0 fully saturated rings.